The van der Waals surface area contributed by atoms with Crippen molar-refractivity contribution in [3.63, 3.8) is 0 Å². The Bertz CT molecular complexity index is 485. The van der Waals surface area contributed by atoms with Crippen LogP contribution in [-0.2, 0) is 6.54 Å². The summed E-state index contributed by atoms with van der Waals surface area (Å²) in [5.41, 5.74) is 1.04. The van der Waals surface area contributed by atoms with Gasteiger partial charge in [-0.1, -0.05) is 0 Å². The van der Waals surface area contributed by atoms with Gasteiger partial charge in [-0.15, -0.1) is 0 Å². The van der Waals surface area contributed by atoms with E-state index in [2.05, 4.69) is 20.6 Å². The minimum absolute atomic E-state index is 0.614. The van der Waals surface area contributed by atoms with E-state index in [1.165, 1.54) is 6.33 Å². The number of nitrogens with zero attached hydrogens (tertiary/aromatic N) is 2. The molecule has 0 saturated heterocycles. The fourth-order valence-corrected chi connectivity index (χ4v) is 1.57. The Morgan fingerprint density at radius 3 is 2.67 bits per heavy atom. The molecule has 0 aliphatic carbocycles. The monoisotopic (exact) mass is 248 g/mol. The van der Waals surface area contributed by atoms with Crippen LogP contribution in [0.25, 0.3) is 0 Å². The summed E-state index contributed by atoms with van der Waals surface area (Å²) in [4.78, 5) is 8.31. The van der Waals surface area contributed by atoms with Crippen molar-refractivity contribution in [2.45, 2.75) is 13.5 Å². The number of anilines is 2. The predicted octanol–water partition coefficient (Wildman–Crippen LogP) is 2.12. The maximum Gasteiger partial charge on any atom is 0.204 e. The average molecular weight is 248 g/mol. The van der Waals surface area contributed by atoms with Crippen LogP contribution in [-0.4, -0.2) is 23.6 Å². The standard InChI is InChI=1S/C12H16N4O2/c1-3-13-11-10(17-2)12(16-8-15-11)14-6-9-4-5-18-7-9/h4-5,7-8H,3,6H2,1-2H3,(H2,13,14,15,16). The molecule has 0 amide bonds. The molecule has 0 aliphatic rings. The predicted molar refractivity (Wildman–Crippen MR) is 68.8 cm³/mol. The van der Waals surface area contributed by atoms with E-state index in [4.69, 9.17) is 9.15 Å². The zero-order chi connectivity index (χ0) is 12.8. The maximum atomic E-state index is 5.33. The first-order chi connectivity index (χ1) is 8.85. The zero-order valence-electron chi connectivity index (χ0n) is 10.4. The van der Waals surface area contributed by atoms with Crippen molar-refractivity contribution in [2.75, 3.05) is 24.3 Å². The second-order valence-electron chi connectivity index (χ2n) is 3.62. The topological polar surface area (TPSA) is 72.2 Å². The van der Waals surface area contributed by atoms with Crippen LogP contribution in [0, 0.1) is 0 Å². The van der Waals surface area contributed by atoms with Crippen LogP contribution in [0.4, 0.5) is 11.6 Å². The summed E-state index contributed by atoms with van der Waals surface area (Å²) in [6, 6.07) is 1.89. The van der Waals surface area contributed by atoms with Crippen LogP contribution in [0.2, 0.25) is 0 Å². The molecule has 0 radical (unpaired) electrons. The van der Waals surface area contributed by atoms with Crippen LogP contribution in [0.3, 0.4) is 0 Å². The molecule has 0 spiro atoms. The third-order valence-corrected chi connectivity index (χ3v) is 2.39. The van der Waals surface area contributed by atoms with Crippen LogP contribution in [0.5, 0.6) is 5.75 Å². The number of nitrogens with one attached hydrogen (secondary N) is 2. The molecule has 0 atom stereocenters. The van der Waals surface area contributed by atoms with E-state index in [9.17, 15) is 0 Å². The molecule has 0 aromatic carbocycles. The second-order valence-corrected chi connectivity index (χ2v) is 3.62. The van der Waals surface area contributed by atoms with Gasteiger partial charge in [-0.05, 0) is 13.0 Å². The van der Waals surface area contributed by atoms with Gasteiger partial charge in [0.1, 0.15) is 6.33 Å². The summed E-state index contributed by atoms with van der Waals surface area (Å²) in [7, 11) is 1.60. The van der Waals surface area contributed by atoms with E-state index in [-0.39, 0.29) is 0 Å². The normalized spacial score (nSPS) is 10.1. The molecular weight excluding hydrogens is 232 g/mol. The highest BCUT2D eigenvalue weighted by Gasteiger charge is 2.11. The Morgan fingerprint density at radius 1 is 1.28 bits per heavy atom. The molecule has 18 heavy (non-hydrogen) atoms. The molecule has 2 aromatic rings. The van der Waals surface area contributed by atoms with Crippen LogP contribution < -0.4 is 15.4 Å². The van der Waals surface area contributed by atoms with Gasteiger partial charge >= 0.3 is 0 Å². The van der Waals surface area contributed by atoms with Crippen molar-refractivity contribution in [3.05, 3.63) is 30.5 Å². The minimum atomic E-state index is 0.614. The van der Waals surface area contributed by atoms with Gasteiger partial charge < -0.3 is 19.8 Å². The van der Waals surface area contributed by atoms with Gasteiger partial charge in [-0.3, -0.25) is 0 Å². The first-order valence-electron chi connectivity index (χ1n) is 5.73. The molecule has 0 fully saturated rings. The largest absolute Gasteiger partial charge is 0.490 e. The third kappa shape index (κ3) is 2.71. The number of methoxy groups -OCH3 is 1. The van der Waals surface area contributed by atoms with Gasteiger partial charge in [0.05, 0.1) is 19.6 Å². The van der Waals surface area contributed by atoms with Crippen molar-refractivity contribution in [1.82, 2.24) is 9.97 Å². The number of aromatic nitrogens is 2. The smallest absolute Gasteiger partial charge is 0.204 e. The number of ether oxygens (including phenoxy) is 1. The summed E-state index contributed by atoms with van der Waals surface area (Å²) in [5, 5.41) is 6.32. The van der Waals surface area contributed by atoms with Gasteiger partial charge in [0.2, 0.25) is 5.75 Å². The first kappa shape index (κ1) is 12.2. The zero-order valence-corrected chi connectivity index (χ0v) is 10.4. The van der Waals surface area contributed by atoms with Crippen molar-refractivity contribution in [2.24, 2.45) is 0 Å². The van der Waals surface area contributed by atoms with Crippen LogP contribution >= 0.6 is 0 Å². The van der Waals surface area contributed by atoms with Gasteiger partial charge in [0.25, 0.3) is 0 Å². The summed E-state index contributed by atoms with van der Waals surface area (Å²) in [6.07, 6.45) is 4.82. The fourth-order valence-electron chi connectivity index (χ4n) is 1.57. The Balaban J connectivity index is 2.13. The second kappa shape index (κ2) is 5.90. The Kier molecular flexibility index (Phi) is 4.01. The molecular formula is C12H16N4O2. The van der Waals surface area contributed by atoms with E-state index in [0.717, 1.165) is 12.1 Å². The molecule has 2 heterocycles. The molecule has 6 heteroatoms. The van der Waals surface area contributed by atoms with E-state index >= 15 is 0 Å². The lowest BCUT2D eigenvalue weighted by Crippen LogP contribution is -2.07. The Morgan fingerprint density at radius 2 is 2.06 bits per heavy atom. The molecule has 96 valence electrons. The molecule has 0 bridgehead atoms. The Hall–Kier alpha value is -2.24. The molecule has 6 nitrogen and oxygen atoms in total. The lowest BCUT2D eigenvalue weighted by Gasteiger charge is -2.12. The quantitative estimate of drug-likeness (QED) is 0.815. The lowest BCUT2D eigenvalue weighted by atomic mass is 10.3. The molecule has 0 aliphatic heterocycles. The first-order valence-corrected chi connectivity index (χ1v) is 5.73. The van der Waals surface area contributed by atoms with Gasteiger partial charge in [-0.25, -0.2) is 9.97 Å². The molecule has 2 N–H and O–H groups in total. The van der Waals surface area contributed by atoms with Crippen molar-refractivity contribution < 1.29 is 9.15 Å². The summed E-state index contributed by atoms with van der Waals surface area (Å²) in [6.45, 7) is 3.39. The number of furan rings is 1. The minimum Gasteiger partial charge on any atom is -0.490 e. The molecule has 2 rings (SSSR count). The fraction of sp³-hybridized carbons (Fsp3) is 0.333. The van der Waals surface area contributed by atoms with Crippen LogP contribution in [0.1, 0.15) is 12.5 Å². The number of hydrogen-bond donors (Lipinski definition) is 2. The van der Waals surface area contributed by atoms with Crippen molar-refractivity contribution in [3.8, 4) is 5.75 Å². The number of rotatable bonds is 6. The lowest BCUT2D eigenvalue weighted by molar-refractivity contribution is 0.414. The third-order valence-electron chi connectivity index (χ3n) is 2.39. The average Bonchev–Trinajstić information content (AvgIpc) is 2.90. The van der Waals surface area contributed by atoms with Gasteiger partial charge in [-0.2, -0.15) is 0 Å². The van der Waals surface area contributed by atoms with E-state index in [0.29, 0.717) is 23.9 Å². The molecule has 0 saturated carbocycles. The molecule has 0 unspecified atom stereocenters. The van der Waals surface area contributed by atoms with Gasteiger partial charge in [0.15, 0.2) is 11.6 Å². The number of hydrogen-bond acceptors (Lipinski definition) is 6. The van der Waals surface area contributed by atoms with E-state index in [1.54, 1.807) is 19.6 Å². The SMILES string of the molecule is CCNc1ncnc(NCc2ccoc2)c1OC. The summed E-state index contributed by atoms with van der Waals surface area (Å²) in [5.74, 6) is 1.96. The summed E-state index contributed by atoms with van der Waals surface area (Å²) >= 11 is 0. The van der Waals surface area contributed by atoms with Crippen molar-refractivity contribution in [1.29, 1.82) is 0 Å². The van der Waals surface area contributed by atoms with Gasteiger partial charge in [0, 0.05) is 18.7 Å². The summed E-state index contributed by atoms with van der Waals surface area (Å²) < 4.78 is 10.3. The highest BCUT2D eigenvalue weighted by Crippen LogP contribution is 2.28. The maximum absolute atomic E-state index is 5.33. The molecule has 2 aromatic heterocycles. The van der Waals surface area contributed by atoms with E-state index < -0.39 is 0 Å². The highest BCUT2D eigenvalue weighted by molar-refractivity contribution is 5.63. The Labute approximate surface area is 105 Å². The van der Waals surface area contributed by atoms with Crippen molar-refractivity contribution >= 4 is 11.6 Å². The van der Waals surface area contributed by atoms with Crippen LogP contribution in [0.15, 0.2) is 29.3 Å². The highest BCUT2D eigenvalue weighted by atomic mass is 16.5. The van der Waals surface area contributed by atoms with E-state index in [1.807, 2.05) is 13.0 Å².